The van der Waals surface area contributed by atoms with E-state index in [-0.39, 0.29) is 20.5 Å². The number of fused-ring (bicyclic) bond motifs is 1. The standard InChI is InChI=1S/C21H22F3IN6O/c1-25(16-6-3-5-14(17(16)22)19(23)24)28-20-15-11-13(31-9-4-7-26-8-10-31)12-27-18(15)21(32)30(2)29-20/h1,3,5-6,11-12,19,26H,4,7-10H2,2H3,(H,28,29). The van der Waals surface area contributed by atoms with Crippen LogP contribution in [0, 0.1) is 13.7 Å². The molecule has 2 N–H and O–H groups in total. The molecule has 170 valence electrons. The Labute approximate surface area is 189 Å². The van der Waals surface area contributed by atoms with Gasteiger partial charge in [0.25, 0.3) is 12.0 Å². The van der Waals surface area contributed by atoms with Gasteiger partial charge in [-0.1, -0.05) is 12.1 Å². The Morgan fingerprint density at radius 2 is 2.09 bits per heavy atom. The maximum absolute atomic E-state index is 14.6. The predicted octanol–water partition coefficient (Wildman–Crippen LogP) is 3.50. The maximum Gasteiger partial charge on any atom is 0.293 e. The number of hydrogen-bond acceptors (Lipinski definition) is 6. The number of benzene rings is 1. The minimum absolute atomic E-state index is 0.0264. The summed E-state index contributed by atoms with van der Waals surface area (Å²) in [6.07, 6.45) is -0.314. The molecule has 0 spiro atoms. The van der Waals surface area contributed by atoms with E-state index in [9.17, 15) is 18.0 Å². The van der Waals surface area contributed by atoms with Crippen LogP contribution in [0.5, 0.6) is 0 Å². The first-order valence-corrected chi connectivity index (χ1v) is 13.4. The van der Waals surface area contributed by atoms with Crippen molar-refractivity contribution in [3.05, 3.63) is 55.8 Å². The molecule has 2 aromatic heterocycles. The molecule has 0 unspecified atom stereocenters. The van der Waals surface area contributed by atoms with E-state index in [1.54, 1.807) is 6.20 Å². The van der Waals surface area contributed by atoms with Crippen molar-refractivity contribution >= 4 is 41.8 Å². The molecule has 1 saturated heterocycles. The van der Waals surface area contributed by atoms with Crippen molar-refractivity contribution in [2.45, 2.75) is 12.8 Å². The molecule has 32 heavy (non-hydrogen) atoms. The normalized spacial score (nSPS) is 14.8. The summed E-state index contributed by atoms with van der Waals surface area (Å²) in [4.78, 5) is 19.1. The van der Waals surface area contributed by atoms with E-state index in [0.29, 0.717) is 5.39 Å². The van der Waals surface area contributed by atoms with Crippen molar-refractivity contribution in [3.8, 4) is 4.31 Å². The minimum Gasteiger partial charge on any atom is -0.369 e. The fourth-order valence-corrected chi connectivity index (χ4v) is 6.20. The highest BCUT2D eigenvalue weighted by atomic mass is 127. The van der Waals surface area contributed by atoms with Gasteiger partial charge in [0.2, 0.25) is 0 Å². The van der Waals surface area contributed by atoms with Crippen LogP contribution in [0.1, 0.15) is 18.4 Å². The van der Waals surface area contributed by atoms with E-state index in [4.69, 9.17) is 4.31 Å². The first kappa shape index (κ1) is 22.6. The zero-order valence-corrected chi connectivity index (χ0v) is 19.4. The van der Waals surface area contributed by atoms with Crippen molar-refractivity contribution in [2.24, 2.45) is 7.05 Å². The molecule has 0 amide bonds. The topological polar surface area (TPSA) is 75.1 Å². The van der Waals surface area contributed by atoms with Crippen LogP contribution in [0.4, 0.5) is 24.7 Å². The van der Waals surface area contributed by atoms with Gasteiger partial charge in [0.15, 0.2) is 5.82 Å². The van der Waals surface area contributed by atoms with Gasteiger partial charge in [-0.3, -0.25) is 4.79 Å². The number of nitrogens with zero attached hydrogens (tertiary/aromatic N) is 4. The number of alkyl halides is 2. The molecule has 1 aromatic carbocycles. The lowest BCUT2D eigenvalue weighted by Crippen LogP contribution is -2.28. The third kappa shape index (κ3) is 4.45. The zero-order chi connectivity index (χ0) is 22.8. The second-order valence-electron chi connectivity index (χ2n) is 7.31. The number of nitrogens with one attached hydrogen (secondary N) is 2. The van der Waals surface area contributed by atoms with Crippen LogP contribution >= 0.6 is 19.4 Å². The minimum atomic E-state index is -2.99. The molecule has 3 aromatic rings. The third-order valence-electron chi connectivity index (χ3n) is 5.21. The zero-order valence-electron chi connectivity index (χ0n) is 17.3. The van der Waals surface area contributed by atoms with Gasteiger partial charge in [0.1, 0.15) is 11.3 Å². The Morgan fingerprint density at radius 3 is 2.88 bits per heavy atom. The molecule has 0 atom stereocenters. The molecule has 0 aliphatic carbocycles. The summed E-state index contributed by atoms with van der Waals surface area (Å²) in [6, 6.07) is 5.62. The summed E-state index contributed by atoms with van der Waals surface area (Å²) < 4.78 is 51.3. The molecule has 7 nitrogen and oxygen atoms in total. The average Bonchev–Trinajstić information content (AvgIpc) is 3.06. The quantitative estimate of drug-likeness (QED) is 0.379. The highest BCUT2D eigenvalue weighted by Crippen LogP contribution is 2.36. The third-order valence-corrected chi connectivity index (χ3v) is 8.38. The van der Waals surface area contributed by atoms with E-state index >= 15 is 0 Å². The van der Waals surface area contributed by atoms with Gasteiger partial charge in [0, 0.05) is 46.1 Å². The van der Waals surface area contributed by atoms with Crippen molar-refractivity contribution < 1.29 is 13.2 Å². The van der Waals surface area contributed by atoms with E-state index in [0.717, 1.165) is 49.0 Å². The van der Waals surface area contributed by atoms with E-state index < -0.39 is 37.2 Å². The predicted molar refractivity (Wildman–Crippen MR) is 127 cm³/mol. The second kappa shape index (κ2) is 9.47. The first-order valence-electron chi connectivity index (χ1n) is 9.96. The number of anilines is 2. The highest BCUT2D eigenvalue weighted by molar-refractivity contribution is 14.2. The van der Waals surface area contributed by atoms with E-state index in [1.165, 1.54) is 19.2 Å². The number of pyridine rings is 1. The van der Waals surface area contributed by atoms with Gasteiger partial charge in [0.05, 0.1) is 26.4 Å². The maximum atomic E-state index is 14.6. The SMILES string of the molecule is C#I(Nc1nn(C)c(=O)c2ncc(N3CCCNCC3)cc12)c1cccc(C(F)F)c1F. The Hall–Kier alpha value is -2.63. The lowest BCUT2D eigenvalue weighted by atomic mass is 10.2. The lowest BCUT2D eigenvalue weighted by molar-refractivity contribution is 0.146. The second-order valence-corrected chi connectivity index (χ2v) is 10.8. The molecule has 1 aliphatic rings. The average molecular weight is 558 g/mol. The van der Waals surface area contributed by atoms with Gasteiger partial charge in [-0.2, -0.15) is 5.10 Å². The van der Waals surface area contributed by atoms with Crippen molar-refractivity contribution in [3.63, 3.8) is 0 Å². The van der Waals surface area contributed by atoms with Gasteiger partial charge in [-0.05, 0) is 25.1 Å². The molecule has 0 bridgehead atoms. The van der Waals surface area contributed by atoms with Crippen LogP contribution in [-0.4, -0.2) is 40.9 Å². The van der Waals surface area contributed by atoms with Crippen LogP contribution in [0.25, 0.3) is 10.9 Å². The van der Waals surface area contributed by atoms with Crippen molar-refractivity contribution in [1.82, 2.24) is 20.1 Å². The van der Waals surface area contributed by atoms with Crippen molar-refractivity contribution in [2.75, 3.05) is 34.6 Å². The van der Waals surface area contributed by atoms with Crippen LogP contribution in [0.3, 0.4) is 0 Å². The smallest absolute Gasteiger partial charge is 0.293 e. The molecule has 3 heterocycles. The molecule has 1 fully saturated rings. The molecular weight excluding hydrogens is 536 g/mol. The summed E-state index contributed by atoms with van der Waals surface area (Å²) in [5.41, 5.74) is -0.0257. The van der Waals surface area contributed by atoms with Gasteiger partial charge >= 0.3 is 0 Å². The van der Waals surface area contributed by atoms with Crippen LogP contribution < -0.4 is 19.3 Å². The molecule has 4 rings (SSSR count). The van der Waals surface area contributed by atoms with E-state index in [2.05, 4.69) is 23.8 Å². The highest BCUT2D eigenvalue weighted by Gasteiger charge is 2.19. The van der Waals surface area contributed by atoms with Crippen LogP contribution in [0.15, 0.2) is 35.3 Å². The van der Waals surface area contributed by atoms with Gasteiger partial charge in [-0.15, -0.1) is 4.31 Å². The summed E-state index contributed by atoms with van der Waals surface area (Å²) in [5.74, 6) is -0.730. The monoisotopic (exact) mass is 558 g/mol. The van der Waals surface area contributed by atoms with Gasteiger partial charge < -0.3 is 13.7 Å². The number of hydrogen-bond donors (Lipinski definition) is 2. The van der Waals surface area contributed by atoms with Crippen LogP contribution in [0.2, 0.25) is 0 Å². The first-order chi connectivity index (χ1) is 15.4. The molecular formula is C21H22F3IN6O. The largest absolute Gasteiger partial charge is 0.369 e. The van der Waals surface area contributed by atoms with E-state index in [1.807, 2.05) is 6.07 Å². The molecule has 1 aliphatic heterocycles. The number of halogens is 4. The summed E-state index contributed by atoms with van der Waals surface area (Å²) in [5, 5.41) is 8.06. The van der Waals surface area contributed by atoms with Crippen molar-refractivity contribution in [1.29, 1.82) is 0 Å². The lowest BCUT2D eigenvalue weighted by Gasteiger charge is -2.22. The number of rotatable bonds is 3. The molecule has 0 radical (unpaired) electrons. The summed E-state index contributed by atoms with van der Waals surface area (Å²) in [6.45, 7) is 3.38. The Balaban J connectivity index is 1.76. The Bertz CT molecular complexity index is 1280. The number of aryl methyl sites for hydroxylation is 1. The Morgan fingerprint density at radius 1 is 1.28 bits per heavy atom. The summed E-state index contributed by atoms with van der Waals surface area (Å²) >= 11 is -2.99. The molecule has 0 saturated carbocycles. The summed E-state index contributed by atoms with van der Waals surface area (Å²) in [7, 11) is 1.48. The Kier molecular flexibility index (Phi) is 6.68. The van der Waals surface area contributed by atoms with Gasteiger partial charge in [-0.25, -0.2) is 22.8 Å². The fraction of sp³-hybridized carbons (Fsp3) is 0.333. The fourth-order valence-electron chi connectivity index (χ4n) is 3.55. The number of aromatic nitrogens is 3. The van der Waals surface area contributed by atoms with Crippen LogP contribution in [-0.2, 0) is 7.05 Å². The molecule has 11 heteroatoms.